The Hall–Kier alpha value is -3.98. The SMILES string of the molecule is CC(C)n1ncc2c(C(=O)N3CCN(Cc4cccnc4)CC3)cc(-c3ccc4c(c3)OCCO4)nc21. The number of carbonyl (C=O) groups is 1. The largest absolute Gasteiger partial charge is 0.486 e. The van der Waals surface area contributed by atoms with E-state index in [1.807, 2.05) is 46.1 Å². The number of fused-ring (bicyclic) bond motifs is 2. The Morgan fingerprint density at radius 3 is 2.57 bits per heavy atom. The summed E-state index contributed by atoms with van der Waals surface area (Å²) in [5, 5.41) is 5.35. The van der Waals surface area contributed by atoms with E-state index in [0.717, 1.165) is 36.3 Å². The summed E-state index contributed by atoms with van der Waals surface area (Å²) in [4.78, 5) is 27.3. The molecule has 0 bridgehead atoms. The normalized spacial score (nSPS) is 15.9. The van der Waals surface area contributed by atoms with Gasteiger partial charge < -0.3 is 14.4 Å². The predicted molar refractivity (Wildman–Crippen MR) is 140 cm³/mol. The molecule has 1 fully saturated rings. The fraction of sp³-hybridized carbons (Fsp3) is 0.357. The minimum Gasteiger partial charge on any atom is -0.486 e. The first kappa shape index (κ1) is 23.4. The molecule has 0 atom stereocenters. The van der Waals surface area contributed by atoms with Gasteiger partial charge in [0, 0.05) is 56.7 Å². The molecule has 3 aromatic heterocycles. The maximum absolute atomic E-state index is 13.9. The number of piperazine rings is 1. The number of hydrogen-bond acceptors (Lipinski definition) is 7. The molecule has 0 unspecified atom stereocenters. The highest BCUT2D eigenvalue weighted by atomic mass is 16.6. The number of rotatable bonds is 5. The average Bonchev–Trinajstić information content (AvgIpc) is 3.37. The third kappa shape index (κ3) is 4.62. The number of nitrogens with zero attached hydrogens (tertiary/aromatic N) is 6. The number of pyridine rings is 2. The Balaban J connectivity index is 1.30. The molecule has 37 heavy (non-hydrogen) atoms. The number of ether oxygens (including phenoxy) is 2. The first-order valence-electron chi connectivity index (χ1n) is 12.8. The zero-order valence-electron chi connectivity index (χ0n) is 21.1. The van der Waals surface area contributed by atoms with E-state index in [1.165, 1.54) is 5.56 Å². The number of aromatic nitrogens is 4. The van der Waals surface area contributed by atoms with Crippen LogP contribution in [0.1, 0.15) is 35.8 Å². The van der Waals surface area contributed by atoms with Crippen LogP contribution in [0, 0.1) is 0 Å². The molecule has 1 amide bonds. The standard InChI is InChI=1S/C28H30N6O3/c1-19(2)34-27-23(17-30-34)22(15-24(31-27)21-5-6-25-26(14-21)37-13-12-36-25)28(35)33-10-8-32(9-11-33)18-20-4-3-7-29-16-20/h3-7,14-17,19H,8-13,18H2,1-2H3. The molecule has 0 saturated carbocycles. The van der Waals surface area contributed by atoms with Crippen molar-refractivity contribution in [3.05, 3.63) is 66.1 Å². The van der Waals surface area contributed by atoms with Crippen molar-refractivity contribution < 1.29 is 14.3 Å². The van der Waals surface area contributed by atoms with Gasteiger partial charge in [-0.1, -0.05) is 6.07 Å². The highest BCUT2D eigenvalue weighted by Crippen LogP contribution is 2.35. The maximum Gasteiger partial charge on any atom is 0.254 e. The van der Waals surface area contributed by atoms with Gasteiger partial charge >= 0.3 is 0 Å². The van der Waals surface area contributed by atoms with Gasteiger partial charge in [0.05, 0.1) is 22.8 Å². The summed E-state index contributed by atoms with van der Waals surface area (Å²) in [5.41, 5.74) is 4.11. The van der Waals surface area contributed by atoms with Crippen molar-refractivity contribution in [1.29, 1.82) is 0 Å². The highest BCUT2D eigenvalue weighted by molar-refractivity contribution is 6.06. The molecule has 0 radical (unpaired) electrons. The van der Waals surface area contributed by atoms with Gasteiger partial charge in [0.15, 0.2) is 17.1 Å². The van der Waals surface area contributed by atoms with Crippen LogP contribution in [-0.2, 0) is 6.54 Å². The van der Waals surface area contributed by atoms with Gasteiger partial charge in [0.25, 0.3) is 5.91 Å². The highest BCUT2D eigenvalue weighted by Gasteiger charge is 2.26. The number of amides is 1. The van der Waals surface area contributed by atoms with E-state index in [-0.39, 0.29) is 11.9 Å². The molecule has 5 heterocycles. The van der Waals surface area contributed by atoms with E-state index >= 15 is 0 Å². The summed E-state index contributed by atoms with van der Waals surface area (Å²) in [7, 11) is 0. The van der Waals surface area contributed by atoms with Crippen molar-refractivity contribution in [3.63, 3.8) is 0 Å². The lowest BCUT2D eigenvalue weighted by atomic mass is 10.0. The van der Waals surface area contributed by atoms with Crippen LogP contribution in [0.25, 0.3) is 22.3 Å². The van der Waals surface area contributed by atoms with Crippen molar-refractivity contribution in [2.75, 3.05) is 39.4 Å². The third-order valence-electron chi connectivity index (χ3n) is 6.91. The number of carbonyl (C=O) groups excluding carboxylic acids is 1. The van der Waals surface area contributed by atoms with Crippen LogP contribution >= 0.6 is 0 Å². The van der Waals surface area contributed by atoms with Crippen LogP contribution in [0.3, 0.4) is 0 Å². The van der Waals surface area contributed by atoms with Crippen molar-refractivity contribution in [2.24, 2.45) is 0 Å². The molecule has 4 aromatic rings. The topological polar surface area (TPSA) is 85.6 Å². The van der Waals surface area contributed by atoms with Crippen LogP contribution in [-0.4, -0.2) is 74.8 Å². The molecule has 0 aliphatic carbocycles. The van der Waals surface area contributed by atoms with Gasteiger partial charge in [-0.05, 0) is 49.7 Å². The summed E-state index contributed by atoms with van der Waals surface area (Å²) >= 11 is 0. The molecule has 2 aliphatic rings. The quantitative estimate of drug-likeness (QED) is 0.414. The minimum absolute atomic E-state index is 0.00975. The summed E-state index contributed by atoms with van der Waals surface area (Å²) in [6, 6.07) is 11.8. The fourth-order valence-electron chi connectivity index (χ4n) is 4.95. The lowest BCUT2D eigenvalue weighted by molar-refractivity contribution is 0.0630. The van der Waals surface area contributed by atoms with Gasteiger partial charge in [0.2, 0.25) is 0 Å². The second-order valence-electron chi connectivity index (χ2n) is 9.76. The third-order valence-corrected chi connectivity index (χ3v) is 6.91. The molecular formula is C28H30N6O3. The van der Waals surface area contributed by atoms with Crippen LogP contribution < -0.4 is 9.47 Å². The lowest BCUT2D eigenvalue weighted by Crippen LogP contribution is -2.48. The molecule has 1 saturated heterocycles. The molecule has 9 nitrogen and oxygen atoms in total. The Kier molecular flexibility index (Phi) is 6.21. The molecule has 6 rings (SSSR count). The van der Waals surface area contributed by atoms with E-state index in [0.29, 0.717) is 49.0 Å². The minimum atomic E-state index is 0.00975. The van der Waals surface area contributed by atoms with Crippen LogP contribution in [0.4, 0.5) is 0 Å². The number of benzene rings is 1. The molecule has 0 spiro atoms. The van der Waals surface area contributed by atoms with Crippen LogP contribution in [0.5, 0.6) is 11.5 Å². The van der Waals surface area contributed by atoms with Crippen LogP contribution in [0.2, 0.25) is 0 Å². The summed E-state index contributed by atoms with van der Waals surface area (Å²) in [6.07, 6.45) is 5.45. The van der Waals surface area contributed by atoms with Gasteiger partial charge in [-0.25, -0.2) is 9.67 Å². The first-order valence-corrected chi connectivity index (χ1v) is 12.8. The maximum atomic E-state index is 13.9. The molecule has 9 heteroatoms. The summed E-state index contributed by atoms with van der Waals surface area (Å²) in [6.45, 7) is 8.98. The summed E-state index contributed by atoms with van der Waals surface area (Å²) < 4.78 is 13.3. The van der Waals surface area contributed by atoms with Gasteiger partial charge in [0.1, 0.15) is 13.2 Å². The second-order valence-corrected chi connectivity index (χ2v) is 9.76. The predicted octanol–water partition coefficient (Wildman–Crippen LogP) is 3.80. The Morgan fingerprint density at radius 2 is 1.81 bits per heavy atom. The van der Waals surface area contributed by atoms with E-state index in [4.69, 9.17) is 14.5 Å². The number of hydrogen-bond donors (Lipinski definition) is 0. The zero-order chi connectivity index (χ0) is 25.4. The van der Waals surface area contributed by atoms with Crippen molar-refractivity contribution in [2.45, 2.75) is 26.4 Å². The van der Waals surface area contributed by atoms with Gasteiger partial charge in [-0.3, -0.25) is 14.7 Å². The fourth-order valence-corrected chi connectivity index (χ4v) is 4.95. The second kappa shape index (κ2) is 9.82. The monoisotopic (exact) mass is 498 g/mol. The molecule has 2 aliphatic heterocycles. The zero-order valence-corrected chi connectivity index (χ0v) is 21.1. The van der Waals surface area contributed by atoms with E-state index < -0.39 is 0 Å². The van der Waals surface area contributed by atoms with Gasteiger partial charge in [-0.15, -0.1) is 0 Å². The average molecular weight is 499 g/mol. The molecular weight excluding hydrogens is 468 g/mol. The summed E-state index contributed by atoms with van der Waals surface area (Å²) in [5.74, 6) is 1.43. The van der Waals surface area contributed by atoms with Crippen molar-refractivity contribution >= 4 is 16.9 Å². The van der Waals surface area contributed by atoms with Gasteiger partial charge in [-0.2, -0.15) is 5.10 Å². The molecule has 190 valence electrons. The van der Waals surface area contributed by atoms with Crippen LogP contribution in [0.15, 0.2) is 55.0 Å². The van der Waals surface area contributed by atoms with Crippen molar-refractivity contribution in [3.8, 4) is 22.8 Å². The first-order chi connectivity index (χ1) is 18.1. The van der Waals surface area contributed by atoms with E-state index in [9.17, 15) is 4.79 Å². The molecule has 0 N–H and O–H groups in total. The Bertz CT molecular complexity index is 1430. The van der Waals surface area contributed by atoms with E-state index in [2.05, 4.69) is 34.9 Å². The molecule has 1 aromatic carbocycles. The lowest BCUT2D eigenvalue weighted by Gasteiger charge is -2.34. The smallest absolute Gasteiger partial charge is 0.254 e. The van der Waals surface area contributed by atoms with Crippen molar-refractivity contribution in [1.82, 2.24) is 29.5 Å². The Morgan fingerprint density at radius 1 is 1.00 bits per heavy atom. The van der Waals surface area contributed by atoms with E-state index in [1.54, 1.807) is 12.4 Å². The Labute approximate surface area is 215 Å².